The normalized spacial score (nSPS) is 13.0. The summed E-state index contributed by atoms with van der Waals surface area (Å²) in [5.74, 6) is 0.174. The molecular weight excluding hydrogens is 628 g/mol. The van der Waals surface area contributed by atoms with Crippen LogP contribution < -0.4 is 14.2 Å². The van der Waals surface area contributed by atoms with Crippen molar-refractivity contribution < 1.29 is 37.7 Å². The van der Waals surface area contributed by atoms with E-state index in [0.29, 0.717) is 71.3 Å². The number of halogens is 1. The Bertz CT molecular complexity index is 1500. The van der Waals surface area contributed by atoms with Gasteiger partial charge in [-0.2, -0.15) is 5.10 Å². The SMILES string of the molecule is COc1cc(C(=O)OC(CCCn2cc3c(Cl)cc(C(=O)OC(C)(C)C)cc3n2)CCO[Si](C)(C)C(C)(C)C)cc(OC)c1OC. The second-order valence-electron chi connectivity index (χ2n) is 13.8. The molecule has 0 radical (unpaired) electrons. The summed E-state index contributed by atoms with van der Waals surface area (Å²) in [5, 5.41) is 5.87. The van der Waals surface area contributed by atoms with Crippen molar-refractivity contribution in [2.24, 2.45) is 0 Å². The second-order valence-corrected chi connectivity index (χ2v) is 19.0. The lowest BCUT2D eigenvalue weighted by molar-refractivity contribution is 0.00687. The van der Waals surface area contributed by atoms with Crippen LogP contribution in [0.25, 0.3) is 10.9 Å². The van der Waals surface area contributed by atoms with E-state index in [9.17, 15) is 9.59 Å². The summed E-state index contributed by atoms with van der Waals surface area (Å²) in [4.78, 5) is 26.0. The molecule has 0 N–H and O–H groups in total. The number of nitrogens with zero attached hydrogens (tertiary/aromatic N) is 2. The van der Waals surface area contributed by atoms with Crippen LogP contribution in [-0.2, 0) is 20.4 Å². The Morgan fingerprint density at radius 3 is 2.04 bits per heavy atom. The first-order valence-electron chi connectivity index (χ1n) is 15.4. The lowest BCUT2D eigenvalue weighted by Gasteiger charge is -2.36. The minimum absolute atomic E-state index is 0.0576. The maximum absolute atomic E-state index is 13.4. The van der Waals surface area contributed by atoms with E-state index >= 15 is 0 Å². The first-order valence-corrected chi connectivity index (χ1v) is 18.7. The molecule has 0 fully saturated rings. The lowest BCUT2D eigenvalue weighted by atomic mass is 10.1. The maximum atomic E-state index is 13.4. The van der Waals surface area contributed by atoms with E-state index in [1.54, 1.807) is 28.9 Å². The van der Waals surface area contributed by atoms with Crippen LogP contribution in [0.4, 0.5) is 0 Å². The van der Waals surface area contributed by atoms with Gasteiger partial charge in [-0.3, -0.25) is 4.68 Å². The molecule has 0 spiro atoms. The number of esters is 2. The Morgan fingerprint density at radius 2 is 1.50 bits per heavy atom. The standard InChI is InChI=1S/C34H49ClN2O8Si/c1-33(2,3)45-32(39)22-17-26(35)25-21-37(36-27(25)18-22)15-12-13-24(14-16-43-46(10,11)34(4,5)6)44-31(38)23-19-28(40-7)30(42-9)29(20-23)41-8/h17-21,24H,12-16H2,1-11H3. The van der Waals surface area contributed by atoms with Gasteiger partial charge in [0.05, 0.1) is 43.0 Å². The van der Waals surface area contributed by atoms with Crippen molar-refractivity contribution in [1.82, 2.24) is 9.78 Å². The highest BCUT2D eigenvalue weighted by molar-refractivity contribution is 6.74. The van der Waals surface area contributed by atoms with E-state index in [0.717, 1.165) is 5.39 Å². The molecule has 0 bridgehead atoms. The Kier molecular flexibility index (Phi) is 12.2. The molecule has 46 heavy (non-hydrogen) atoms. The summed E-state index contributed by atoms with van der Waals surface area (Å²) in [6, 6.07) is 6.45. The number of hydrogen-bond donors (Lipinski definition) is 0. The van der Waals surface area contributed by atoms with Gasteiger partial charge in [0, 0.05) is 31.2 Å². The summed E-state index contributed by atoms with van der Waals surface area (Å²) in [5.41, 5.74) is 0.609. The third-order valence-electron chi connectivity index (χ3n) is 8.05. The molecule has 0 saturated heterocycles. The van der Waals surface area contributed by atoms with Crippen LogP contribution >= 0.6 is 11.6 Å². The van der Waals surface area contributed by atoms with E-state index < -0.39 is 32.0 Å². The summed E-state index contributed by atoms with van der Waals surface area (Å²) in [7, 11) is 2.51. The molecule has 254 valence electrons. The van der Waals surface area contributed by atoms with Gasteiger partial charge in [0.2, 0.25) is 5.75 Å². The number of benzene rings is 2. The van der Waals surface area contributed by atoms with Gasteiger partial charge in [-0.15, -0.1) is 0 Å². The van der Waals surface area contributed by atoms with E-state index in [4.69, 9.17) is 39.7 Å². The van der Waals surface area contributed by atoms with Gasteiger partial charge >= 0.3 is 11.9 Å². The van der Waals surface area contributed by atoms with Crippen molar-refractivity contribution in [3.05, 3.63) is 46.6 Å². The van der Waals surface area contributed by atoms with Gasteiger partial charge in [0.25, 0.3) is 0 Å². The Hall–Kier alpha value is -3.28. The number of rotatable bonds is 14. The van der Waals surface area contributed by atoms with Crippen molar-refractivity contribution in [3.8, 4) is 17.2 Å². The molecule has 3 aromatic rings. The highest BCUT2D eigenvalue weighted by atomic mass is 35.5. The van der Waals surface area contributed by atoms with Crippen LogP contribution in [0.2, 0.25) is 23.2 Å². The summed E-state index contributed by atoms with van der Waals surface area (Å²) in [6.45, 7) is 17.4. The fraction of sp³-hybridized carbons (Fsp3) is 0.559. The number of aromatic nitrogens is 2. The fourth-order valence-corrected chi connectivity index (χ4v) is 5.85. The predicted octanol–water partition coefficient (Wildman–Crippen LogP) is 8.09. The lowest BCUT2D eigenvalue weighted by Crippen LogP contribution is -2.41. The first-order chi connectivity index (χ1) is 21.4. The van der Waals surface area contributed by atoms with E-state index in [1.807, 2.05) is 27.0 Å². The van der Waals surface area contributed by atoms with Crippen LogP contribution in [-0.4, -0.2) is 69.7 Å². The number of ether oxygens (including phenoxy) is 5. The Balaban J connectivity index is 1.77. The monoisotopic (exact) mass is 676 g/mol. The molecule has 1 atom stereocenters. The highest BCUT2D eigenvalue weighted by Crippen LogP contribution is 2.39. The number of carbonyl (C=O) groups excluding carboxylic acids is 2. The number of hydrogen-bond acceptors (Lipinski definition) is 9. The van der Waals surface area contributed by atoms with Crippen LogP contribution in [0.5, 0.6) is 17.2 Å². The highest BCUT2D eigenvalue weighted by Gasteiger charge is 2.37. The molecule has 0 aliphatic rings. The van der Waals surface area contributed by atoms with Gasteiger partial charge in [0.15, 0.2) is 19.8 Å². The van der Waals surface area contributed by atoms with Gasteiger partial charge in [-0.1, -0.05) is 32.4 Å². The molecule has 1 aromatic heterocycles. The number of carbonyl (C=O) groups is 2. The fourth-order valence-electron chi connectivity index (χ4n) is 4.52. The van der Waals surface area contributed by atoms with E-state index in [-0.39, 0.29) is 5.04 Å². The average molecular weight is 677 g/mol. The van der Waals surface area contributed by atoms with Crippen LogP contribution in [0.15, 0.2) is 30.5 Å². The average Bonchev–Trinajstić information content (AvgIpc) is 3.38. The smallest absolute Gasteiger partial charge is 0.338 e. The van der Waals surface area contributed by atoms with Crippen LogP contribution in [0, 0.1) is 0 Å². The van der Waals surface area contributed by atoms with Crippen molar-refractivity contribution in [1.29, 1.82) is 0 Å². The molecule has 2 aromatic carbocycles. The van der Waals surface area contributed by atoms with Crippen molar-refractivity contribution >= 4 is 42.8 Å². The molecule has 12 heteroatoms. The third-order valence-corrected chi connectivity index (χ3v) is 12.9. The Labute approximate surface area is 278 Å². The third kappa shape index (κ3) is 9.62. The Morgan fingerprint density at radius 1 is 0.891 bits per heavy atom. The molecule has 0 saturated carbocycles. The van der Waals surface area contributed by atoms with Crippen molar-refractivity contribution in [3.63, 3.8) is 0 Å². The zero-order valence-electron chi connectivity index (χ0n) is 29.0. The summed E-state index contributed by atoms with van der Waals surface area (Å²) >= 11 is 6.52. The molecule has 3 rings (SSSR count). The van der Waals surface area contributed by atoms with E-state index in [2.05, 4.69) is 39.0 Å². The van der Waals surface area contributed by atoms with Crippen LogP contribution in [0.1, 0.15) is 81.5 Å². The van der Waals surface area contributed by atoms with Gasteiger partial charge in [-0.05, 0) is 76.0 Å². The zero-order chi connectivity index (χ0) is 34.4. The van der Waals surface area contributed by atoms with Crippen molar-refractivity contribution in [2.45, 2.75) is 97.2 Å². The summed E-state index contributed by atoms with van der Waals surface area (Å²) in [6.07, 6.45) is 3.22. The van der Waals surface area contributed by atoms with Gasteiger partial charge in [0.1, 0.15) is 11.7 Å². The number of methoxy groups -OCH3 is 3. The number of aryl methyl sites for hydroxylation is 1. The quantitative estimate of drug-likeness (QED) is 0.124. The summed E-state index contributed by atoms with van der Waals surface area (Å²) < 4.78 is 36.0. The maximum Gasteiger partial charge on any atom is 0.338 e. The van der Waals surface area contributed by atoms with Crippen LogP contribution in [0.3, 0.4) is 0 Å². The largest absolute Gasteiger partial charge is 0.493 e. The molecular formula is C34H49ClN2O8Si. The first kappa shape index (κ1) is 37.2. The van der Waals surface area contributed by atoms with Crippen molar-refractivity contribution in [2.75, 3.05) is 27.9 Å². The molecule has 0 aliphatic heterocycles. The topological polar surface area (TPSA) is 107 Å². The molecule has 10 nitrogen and oxygen atoms in total. The second kappa shape index (κ2) is 15.1. The van der Waals surface area contributed by atoms with Gasteiger partial charge in [-0.25, -0.2) is 9.59 Å². The molecule has 0 aliphatic carbocycles. The van der Waals surface area contributed by atoms with E-state index in [1.165, 1.54) is 21.3 Å². The molecule has 1 heterocycles. The predicted molar refractivity (Wildman–Crippen MR) is 182 cm³/mol. The number of fused-ring (bicyclic) bond motifs is 1. The minimum atomic E-state index is -1.99. The van der Waals surface area contributed by atoms with Gasteiger partial charge < -0.3 is 28.1 Å². The molecule has 1 unspecified atom stereocenters. The zero-order valence-corrected chi connectivity index (χ0v) is 30.8. The molecule has 0 amide bonds. The minimum Gasteiger partial charge on any atom is -0.493 e.